The monoisotopic (exact) mass is 299 g/mol. The van der Waals surface area contributed by atoms with Gasteiger partial charge in [0.1, 0.15) is 11.3 Å². The van der Waals surface area contributed by atoms with Crippen LogP contribution in [0.5, 0.6) is 0 Å². The topological polar surface area (TPSA) is 59.0 Å². The molecule has 118 valence electrons. The van der Waals surface area contributed by atoms with E-state index >= 15 is 0 Å². The highest BCUT2D eigenvalue weighted by Crippen LogP contribution is 2.35. The first-order chi connectivity index (χ1) is 8.76. The molecule has 1 aliphatic heterocycles. The van der Waals surface area contributed by atoms with Crippen molar-refractivity contribution in [3.8, 4) is 0 Å². The Hall–Kier alpha value is -1.02. The molecule has 20 heavy (non-hydrogen) atoms. The molecule has 1 aliphatic rings. The molecule has 1 fully saturated rings. The molecule has 0 aliphatic carbocycles. The Kier molecular flexibility index (Phi) is 4.32. The molecule has 1 N–H and O–H groups in total. The standard InChI is InChI=1S/C12H20F3NO4/c1-10(2,3)20-9(18)16-7(6-19-11(16,4)5)8(17)12(13,14)15/h7-8,17H,6H2,1-5H3/t7-,8?/m0/s1. The molecule has 5 nitrogen and oxygen atoms in total. The number of aliphatic hydroxyl groups is 1. The Balaban J connectivity index is 3.00. The third-order valence-corrected chi connectivity index (χ3v) is 2.81. The van der Waals surface area contributed by atoms with Crippen molar-refractivity contribution in [3.63, 3.8) is 0 Å². The van der Waals surface area contributed by atoms with Crippen LogP contribution >= 0.6 is 0 Å². The molecule has 1 rings (SSSR count). The second-order valence-electron chi connectivity index (χ2n) is 6.16. The summed E-state index contributed by atoms with van der Waals surface area (Å²) in [6.45, 7) is 7.28. The number of carbonyl (C=O) groups excluding carboxylic acids is 1. The van der Waals surface area contributed by atoms with Gasteiger partial charge in [0.2, 0.25) is 0 Å². The van der Waals surface area contributed by atoms with Crippen LogP contribution in [0.3, 0.4) is 0 Å². The van der Waals surface area contributed by atoms with E-state index in [0.717, 1.165) is 4.90 Å². The van der Waals surface area contributed by atoms with Gasteiger partial charge in [0.25, 0.3) is 0 Å². The first-order valence-electron chi connectivity index (χ1n) is 6.17. The van der Waals surface area contributed by atoms with Crippen molar-refractivity contribution in [1.82, 2.24) is 4.90 Å². The van der Waals surface area contributed by atoms with Crippen LogP contribution in [0.15, 0.2) is 0 Å². The van der Waals surface area contributed by atoms with E-state index < -0.39 is 42.3 Å². The van der Waals surface area contributed by atoms with Crippen molar-refractivity contribution >= 4 is 6.09 Å². The van der Waals surface area contributed by atoms with Gasteiger partial charge in [-0.1, -0.05) is 0 Å². The predicted octanol–water partition coefficient (Wildman–Crippen LogP) is 2.28. The van der Waals surface area contributed by atoms with Crippen molar-refractivity contribution in [2.45, 2.75) is 64.3 Å². The molecule has 0 bridgehead atoms. The highest BCUT2D eigenvalue weighted by molar-refractivity contribution is 5.70. The van der Waals surface area contributed by atoms with E-state index in [-0.39, 0.29) is 0 Å². The number of amides is 1. The highest BCUT2D eigenvalue weighted by Gasteiger charge is 2.55. The molecule has 0 aromatic rings. The summed E-state index contributed by atoms with van der Waals surface area (Å²) in [6, 6.07) is -1.53. The molecular weight excluding hydrogens is 279 g/mol. The van der Waals surface area contributed by atoms with Gasteiger partial charge in [0.15, 0.2) is 6.10 Å². The Morgan fingerprint density at radius 3 is 2.30 bits per heavy atom. The Morgan fingerprint density at radius 1 is 1.40 bits per heavy atom. The van der Waals surface area contributed by atoms with E-state index in [1.165, 1.54) is 13.8 Å². The molecule has 1 saturated heterocycles. The van der Waals surface area contributed by atoms with Gasteiger partial charge < -0.3 is 14.6 Å². The summed E-state index contributed by atoms with van der Waals surface area (Å²) in [5, 5.41) is 9.38. The number of alkyl halides is 3. The van der Waals surface area contributed by atoms with Crippen LogP contribution in [-0.2, 0) is 9.47 Å². The minimum absolute atomic E-state index is 0.410. The van der Waals surface area contributed by atoms with E-state index in [1.54, 1.807) is 20.8 Å². The van der Waals surface area contributed by atoms with Crippen molar-refractivity contribution in [1.29, 1.82) is 0 Å². The summed E-state index contributed by atoms with van der Waals surface area (Å²) in [5.41, 5.74) is -2.14. The van der Waals surface area contributed by atoms with Gasteiger partial charge in [-0.05, 0) is 34.6 Å². The molecule has 0 spiro atoms. The van der Waals surface area contributed by atoms with Gasteiger partial charge in [-0.25, -0.2) is 4.79 Å². The molecule has 1 heterocycles. The molecule has 1 unspecified atom stereocenters. The van der Waals surface area contributed by atoms with Crippen LogP contribution in [0.4, 0.5) is 18.0 Å². The van der Waals surface area contributed by atoms with Crippen LogP contribution in [0.25, 0.3) is 0 Å². The first-order valence-corrected chi connectivity index (χ1v) is 6.17. The Morgan fingerprint density at radius 2 is 1.90 bits per heavy atom. The number of rotatable bonds is 1. The maximum atomic E-state index is 12.6. The summed E-state index contributed by atoms with van der Waals surface area (Å²) >= 11 is 0. The quantitative estimate of drug-likeness (QED) is 0.807. The zero-order valence-electron chi connectivity index (χ0n) is 12.1. The lowest BCUT2D eigenvalue weighted by atomic mass is 10.1. The molecule has 2 atom stereocenters. The van der Waals surface area contributed by atoms with E-state index in [0.29, 0.717) is 0 Å². The molecule has 0 saturated carbocycles. The van der Waals surface area contributed by atoms with E-state index in [4.69, 9.17) is 9.47 Å². The lowest BCUT2D eigenvalue weighted by molar-refractivity contribution is -0.218. The van der Waals surface area contributed by atoms with Crippen LogP contribution in [0.2, 0.25) is 0 Å². The fourth-order valence-electron chi connectivity index (χ4n) is 1.95. The number of nitrogens with zero attached hydrogens (tertiary/aromatic N) is 1. The second kappa shape index (κ2) is 5.07. The summed E-state index contributed by atoms with van der Waals surface area (Å²) in [5.74, 6) is 0. The van der Waals surface area contributed by atoms with Crippen molar-refractivity contribution in [2.24, 2.45) is 0 Å². The summed E-state index contributed by atoms with van der Waals surface area (Å²) in [7, 11) is 0. The molecular formula is C12H20F3NO4. The highest BCUT2D eigenvalue weighted by atomic mass is 19.4. The van der Waals surface area contributed by atoms with Crippen LogP contribution in [0, 0.1) is 0 Å². The van der Waals surface area contributed by atoms with Crippen LogP contribution in [0.1, 0.15) is 34.6 Å². The average Bonchev–Trinajstić information content (AvgIpc) is 2.48. The lowest BCUT2D eigenvalue weighted by Gasteiger charge is -2.36. The van der Waals surface area contributed by atoms with Crippen LogP contribution < -0.4 is 0 Å². The van der Waals surface area contributed by atoms with E-state index in [9.17, 15) is 23.1 Å². The summed E-state index contributed by atoms with van der Waals surface area (Å²) in [4.78, 5) is 12.9. The third kappa shape index (κ3) is 3.76. The molecule has 0 radical (unpaired) electrons. The van der Waals surface area contributed by atoms with Gasteiger partial charge in [0.05, 0.1) is 12.6 Å². The molecule has 1 amide bonds. The number of ether oxygens (including phenoxy) is 2. The van der Waals surface area contributed by atoms with E-state index in [2.05, 4.69) is 0 Å². The third-order valence-electron chi connectivity index (χ3n) is 2.81. The smallest absolute Gasteiger partial charge is 0.416 e. The maximum Gasteiger partial charge on any atom is 0.416 e. The lowest BCUT2D eigenvalue weighted by Crippen LogP contribution is -2.56. The fraction of sp³-hybridized carbons (Fsp3) is 0.917. The normalized spacial score (nSPS) is 24.6. The number of aliphatic hydroxyl groups excluding tert-OH is 1. The predicted molar refractivity (Wildman–Crippen MR) is 64.0 cm³/mol. The Bertz CT molecular complexity index is 376. The van der Waals surface area contributed by atoms with Gasteiger partial charge >= 0.3 is 12.3 Å². The van der Waals surface area contributed by atoms with Gasteiger partial charge in [-0.2, -0.15) is 13.2 Å². The minimum Gasteiger partial charge on any atom is -0.444 e. The summed E-state index contributed by atoms with van der Waals surface area (Å²) < 4.78 is 48.2. The molecule has 0 aromatic carbocycles. The maximum absolute atomic E-state index is 12.6. The van der Waals surface area contributed by atoms with E-state index in [1.807, 2.05) is 0 Å². The number of carbonyl (C=O) groups is 1. The number of hydrogen-bond donors (Lipinski definition) is 1. The fourth-order valence-corrected chi connectivity index (χ4v) is 1.95. The molecule has 8 heteroatoms. The van der Waals surface area contributed by atoms with Crippen molar-refractivity contribution < 1.29 is 32.5 Å². The van der Waals surface area contributed by atoms with Crippen LogP contribution in [-0.4, -0.2) is 52.4 Å². The van der Waals surface area contributed by atoms with Gasteiger partial charge in [-0.3, -0.25) is 4.90 Å². The first kappa shape index (κ1) is 17.0. The van der Waals surface area contributed by atoms with Crippen molar-refractivity contribution in [3.05, 3.63) is 0 Å². The largest absolute Gasteiger partial charge is 0.444 e. The van der Waals surface area contributed by atoms with Gasteiger partial charge in [-0.15, -0.1) is 0 Å². The average molecular weight is 299 g/mol. The number of hydrogen-bond acceptors (Lipinski definition) is 4. The zero-order valence-corrected chi connectivity index (χ0v) is 12.1. The minimum atomic E-state index is -4.84. The number of halogens is 3. The Labute approximate surface area is 115 Å². The van der Waals surface area contributed by atoms with Crippen molar-refractivity contribution in [2.75, 3.05) is 6.61 Å². The zero-order chi connectivity index (χ0) is 15.9. The van der Waals surface area contributed by atoms with Gasteiger partial charge in [0, 0.05) is 0 Å². The molecule has 0 aromatic heterocycles. The second-order valence-corrected chi connectivity index (χ2v) is 6.16. The summed E-state index contributed by atoms with van der Waals surface area (Å²) in [6.07, 6.45) is -8.47. The SMILES string of the molecule is CC(C)(C)OC(=O)N1[C@H](C(O)C(F)(F)F)COC1(C)C.